The van der Waals surface area contributed by atoms with Crippen molar-refractivity contribution in [1.82, 2.24) is 30.2 Å². The Kier molecular flexibility index (Phi) is 8.17. The number of aromatic amines is 1. The molecule has 0 saturated carbocycles. The highest BCUT2D eigenvalue weighted by atomic mass is 16.5. The number of fused-ring (bicyclic) bond motifs is 1. The summed E-state index contributed by atoms with van der Waals surface area (Å²) in [5.74, 6) is 0.476. The maximum Gasteiger partial charge on any atom is 0.274 e. The molecule has 11 nitrogen and oxygen atoms in total. The van der Waals surface area contributed by atoms with Crippen LogP contribution in [0.4, 0.5) is 11.5 Å². The van der Waals surface area contributed by atoms with Gasteiger partial charge in [-0.25, -0.2) is 9.97 Å². The van der Waals surface area contributed by atoms with Gasteiger partial charge in [-0.3, -0.25) is 19.5 Å². The Morgan fingerprint density at radius 3 is 2.70 bits per heavy atom. The predicted molar refractivity (Wildman–Crippen MR) is 166 cm³/mol. The number of ether oxygens (including phenoxy) is 1. The second kappa shape index (κ2) is 12.3. The van der Waals surface area contributed by atoms with E-state index in [2.05, 4.69) is 59.9 Å². The van der Waals surface area contributed by atoms with Gasteiger partial charge in [0.1, 0.15) is 23.5 Å². The standard InChI is InChI=1S/C32H36N8O3/c1-3-28(41)38-32(2)10-4-12-39(20-32)19-22-9-11-33-27(17-22)31(42)36-24-7-5-23(6-8-24)26-18-25-29(37-26)34-21-35-30(25)40-13-15-43-16-14-40/h3,5-9,11,17-18,21H,1,4,10,12-16,19-20H2,2H3,(H,36,42)(H,38,41)(H,34,35,37)/t32-/m1/s1. The van der Waals surface area contributed by atoms with Crippen LogP contribution in [-0.4, -0.2) is 81.6 Å². The lowest BCUT2D eigenvalue weighted by molar-refractivity contribution is -0.118. The number of carbonyl (C=O) groups is 2. The smallest absolute Gasteiger partial charge is 0.274 e. The molecule has 11 heteroatoms. The number of H-pyrrole nitrogens is 1. The number of benzene rings is 1. The van der Waals surface area contributed by atoms with Crippen LogP contribution >= 0.6 is 0 Å². The minimum absolute atomic E-state index is 0.159. The summed E-state index contributed by atoms with van der Waals surface area (Å²) in [6.45, 7) is 10.9. The Bertz CT molecular complexity index is 1630. The normalized spacial score (nSPS) is 19.2. The molecule has 4 aromatic rings. The SMILES string of the molecule is C=CC(=O)N[C@]1(C)CCCN(Cc2ccnc(C(=O)Nc3ccc(-c4cc5c(N6CCOCC6)ncnc5[nH]4)cc3)c2)C1. The Labute approximate surface area is 250 Å². The molecule has 1 atom stereocenters. The fraction of sp³-hybridized carbons (Fsp3) is 0.344. The zero-order chi connectivity index (χ0) is 29.8. The number of rotatable bonds is 8. The zero-order valence-electron chi connectivity index (χ0n) is 24.3. The summed E-state index contributed by atoms with van der Waals surface area (Å²) in [5, 5.41) is 7.00. The zero-order valence-corrected chi connectivity index (χ0v) is 24.3. The van der Waals surface area contributed by atoms with E-state index in [4.69, 9.17) is 4.74 Å². The molecule has 0 bridgehead atoms. The van der Waals surface area contributed by atoms with Gasteiger partial charge < -0.3 is 25.3 Å². The molecule has 0 radical (unpaired) electrons. The van der Waals surface area contributed by atoms with Crippen LogP contribution in [0.1, 0.15) is 35.8 Å². The monoisotopic (exact) mass is 580 g/mol. The lowest BCUT2D eigenvalue weighted by Gasteiger charge is -2.41. The average Bonchev–Trinajstić information content (AvgIpc) is 3.46. The van der Waals surface area contributed by atoms with Crippen LogP contribution in [0.25, 0.3) is 22.3 Å². The summed E-state index contributed by atoms with van der Waals surface area (Å²) in [5.41, 5.74) is 4.39. The van der Waals surface area contributed by atoms with Crippen LogP contribution in [0.15, 0.2) is 67.6 Å². The average molecular weight is 581 g/mol. The molecule has 5 heterocycles. The maximum atomic E-state index is 13.1. The van der Waals surface area contributed by atoms with Crippen molar-refractivity contribution in [3.05, 3.63) is 78.9 Å². The molecule has 2 saturated heterocycles. The summed E-state index contributed by atoms with van der Waals surface area (Å²) in [4.78, 5) is 46.2. The number of nitrogens with one attached hydrogen (secondary N) is 3. The van der Waals surface area contributed by atoms with Crippen molar-refractivity contribution in [2.75, 3.05) is 49.6 Å². The molecule has 2 aliphatic heterocycles. The summed E-state index contributed by atoms with van der Waals surface area (Å²) >= 11 is 0. The summed E-state index contributed by atoms with van der Waals surface area (Å²) < 4.78 is 5.49. The quantitative estimate of drug-likeness (QED) is 0.269. The molecular formula is C32H36N8O3. The van der Waals surface area contributed by atoms with Gasteiger partial charge in [-0.15, -0.1) is 0 Å². The molecule has 222 valence electrons. The van der Waals surface area contributed by atoms with E-state index in [-0.39, 0.29) is 17.4 Å². The number of carbonyl (C=O) groups excluding carboxylic acids is 2. The predicted octanol–water partition coefficient (Wildman–Crippen LogP) is 3.77. The topological polar surface area (TPSA) is 128 Å². The van der Waals surface area contributed by atoms with E-state index in [0.717, 1.165) is 72.7 Å². The second-order valence-corrected chi connectivity index (χ2v) is 11.4. The van der Waals surface area contributed by atoms with Gasteiger partial charge in [0.15, 0.2) is 0 Å². The van der Waals surface area contributed by atoms with Crippen LogP contribution in [0.2, 0.25) is 0 Å². The van der Waals surface area contributed by atoms with E-state index in [1.165, 1.54) is 6.08 Å². The summed E-state index contributed by atoms with van der Waals surface area (Å²) in [6, 6.07) is 13.5. The Morgan fingerprint density at radius 1 is 1.09 bits per heavy atom. The van der Waals surface area contributed by atoms with E-state index in [0.29, 0.717) is 31.1 Å². The minimum atomic E-state index is -0.311. The van der Waals surface area contributed by atoms with Gasteiger partial charge in [-0.2, -0.15) is 0 Å². The van der Waals surface area contributed by atoms with E-state index in [1.807, 2.05) is 36.4 Å². The first-order valence-corrected chi connectivity index (χ1v) is 14.6. The Morgan fingerprint density at radius 2 is 1.91 bits per heavy atom. The molecule has 3 aromatic heterocycles. The van der Waals surface area contributed by atoms with Gasteiger partial charge in [0.2, 0.25) is 5.91 Å². The molecule has 6 rings (SSSR count). The third kappa shape index (κ3) is 6.58. The third-order valence-corrected chi connectivity index (χ3v) is 8.02. The fourth-order valence-corrected chi connectivity index (χ4v) is 5.92. The highest BCUT2D eigenvalue weighted by Crippen LogP contribution is 2.30. The van der Waals surface area contributed by atoms with Crippen LogP contribution < -0.4 is 15.5 Å². The third-order valence-electron chi connectivity index (χ3n) is 8.02. The number of nitrogens with zero attached hydrogens (tertiary/aromatic N) is 5. The highest BCUT2D eigenvalue weighted by molar-refractivity contribution is 6.03. The van der Waals surface area contributed by atoms with Crippen molar-refractivity contribution in [1.29, 1.82) is 0 Å². The Hall–Kier alpha value is -4.61. The first-order valence-electron chi connectivity index (χ1n) is 14.6. The van der Waals surface area contributed by atoms with Crippen LogP contribution in [0, 0.1) is 0 Å². The van der Waals surface area contributed by atoms with Gasteiger partial charge in [0, 0.05) is 43.8 Å². The van der Waals surface area contributed by atoms with E-state index in [1.54, 1.807) is 12.5 Å². The number of likely N-dealkylation sites (tertiary alicyclic amines) is 1. The van der Waals surface area contributed by atoms with Crippen molar-refractivity contribution in [2.24, 2.45) is 0 Å². The molecular weight excluding hydrogens is 544 g/mol. The van der Waals surface area contributed by atoms with Crippen LogP contribution in [-0.2, 0) is 16.1 Å². The molecule has 0 spiro atoms. The number of hydrogen-bond acceptors (Lipinski definition) is 8. The highest BCUT2D eigenvalue weighted by Gasteiger charge is 2.32. The number of amides is 2. The van der Waals surface area contributed by atoms with Gasteiger partial charge >= 0.3 is 0 Å². The number of hydrogen-bond donors (Lipinski definition) is 3. The molecule has 2 aliphatic rings. The lowest BCUT2D eigenvalue weighted by Crippen LogP contribution is -2.56. The van der Waals surface area contributed by atoms with E-state index < -0.39 is 0 Å². The first-order chi connectivity index (χ1) is 20.9. The van der Waals surface area contributed by atoms with Crippen molar-refractivity contribution >= 4 is 34.4 Å². The molecule has 43 heavy (non-hydrogen) atoms. The largest absolute Gasteiger partial charge is 0.378 e. The number of aromatic nitrogens is 4. The molecule has 2 amide bonds. The molecule has 3 N–H and O–H groups in total. The van der Waals surface area contributed by atoms with Crippen molar-refractivity contribution in [3.63, 3.8) is 0 Å². The van der Waals surface area contributed by atoms with Gasteiger partial charge in [-0.05, 0) is 73.8 Å². The molecule has 0 unspecified atom stereocenters. The van der Waals surface area contributed by atoms with Crippen molar-refractivity contribution in [3.8, 4) is 11.3 Å². The van der Waals surface area contributed by atoms with Gasteiger partial charge in [-0.1, -0.05) is 18.7 Å². The number of morpholine rings is 1. The lowest BCUT2D eigenvalue weighted by atomic mass is 9.90. The first kappa shape index (κ1) is 28.5. The van der Waals surface area contributed by atoms with Gasteiger partial charge in [0.25, 0.3) is 5.91 Å². The van der Waals surface area contributed by atoms with Crippen molar-refractivity contribution < 1.29 is 14.3 Å². The number of pyridine rings is 1. The van der Waals surface area contributed by atoms with Crippen LogP contribution in [0.3, 0.4) is 0 Å². The van der Waals surface area contributed by atoms with E-state index in [9.17, 15) is 9.59 Å². The van der Waals surface area contributed by atoms with Crippen molar-refractivity contribution in [2.45, 2.75) is 31.8 Å². The number of anilines is 2. The molecule has 2 fully saturated rings. The molecule has 1 aromatic carbocycles. The summed E-state index contributed by atoms with van der Waals surface area (Å²) in [7, 11) is 0. The van der Waals surface area contributed by atoms with E-state index >= 15 is 0 Å². The fourth-order valence-electron chi connectivity index (χ4n) is 5.92. The minimum Gasteiger partial charge on any atom is -0.378 e. The maximum absolute atomic E-state index is 13.1. The van der Waals surface area contributed by atoms with Crippen LogP contribution in [0.5, 0.6) is 0 Å². The number of piperidine rings is 1. The van der Waals surface area contributed by atoms with Gasteiger partial charge in [0.05, 0.1) is 24.1 Å². The molecule has 0 aliphatic carbocycles. The summed E-state index contributed by atoms with van der Waals surface area (Å²) in [6.07, 6.45) is 6.45. The second-order valence-electron chi connectivity index (χ2n) is 11.4. The Balaban J connectivity index is 1.10.